The van der Waals surface area contributed by atoms with Crippen LogP contribution in [0.25, 0.3) is 0 Å². The van der Waals surface area contributed by atoms with Crippen molar-refractivity contribution < 1.29 is 13.2 Å². The van der Waals surface area contributed by atoms with Gasteiger partial charge in [-0.15, -0.1) is 0 Å². The smallest absolute Gasteiger partial charge is 0.244 e. The highest BCUT2D eigenvalue weighted by molar-refractivity contribution is 7.89. The van der Waals surface area contributed by atoms with Crippen LogP contribution in [0.15, 0.2) is 23.2 Å². The van der Waals surface area contributed by atoms with Crippen LogP contribution < -0.4 is 10.0 Å². The molecule has 0 spiro atoms. The van der Waals surface area contributed by atoms with Crippen molar-refractivity contribution in [2.24, 2.45) is 0 Å². The maximum atomic E-state index is 12.3. The number of nitrogens with zero attached hydrogens (tertiary/aromatic N) is 1. The first-order valence-electron chi connectivity index (χ1n) is 7.43. The maximum absolute atomic E-state index is 12.3. The summed E-state index contributed by atoms with van der Waals surface area (Å²) in [6, 6.07) is 3.16. The standard InChI is InChI=1S/C14H23N3O3S/c1-2-15-14-13(8-5-9-16-14)21(18,19)17-10-11-20-12-6-3-4-7-12/h5,8-9,12,17H,2-4,6-7,10-11H2,1H3,(H,15,16). The Morgan fingerprint density at radius 1 is 1.38 bits per heavy atom. The minimum atomic E-state index is -3.56. The van der Waals surface area contributed by atoms with Gasteiger partial charge in [0.2, 0.25) is 10.0 Å². The molecule has 1 heterocycles. The molecule has 0 amide bonds. The van der Waals surface area contributed by atoms with Crippen LogP contribution in [-0.2, 0) is 14.8 Å². The number of aromatic nitrogens is 1. The molecule has 0 bridgehead atoms. The Morgan fingerprint density at radius 2 is 2.14 bits per heavy atom. The van der Waals surface area contributed by atoms with Crippen LogP contribution in [-0.4, -0.2) is 39.2 Å². The zero-order chi connectivity index (χ0) is 15.1. The molecule has 118 valence electrons. The van der Waals surface area contributed by atoms with Crippen LogP contribution in [0.2, 0.25) is 0 Å². The highest BCUT2D eigenvalue weighted by Gasteiger charge is 2.19. The Labute approximate surface area is 126 Å². The number of pyridine rings is 1. The van der Waals surface area contributed by atoms with Gasteiger partial charge in [0.15, 0.2) is 0 Å². The fourth-order valence-corrected chi connectivity index (χ4v) is 3.59. The van der Waals surface area contributed by atoms with Gasteiger partial charge in [0.1, 0.15) is 10.7 Å². The Balaban J connectivity index is 1.88. The second kappa shape index (κ2) is 7.72. The summed E-state index contributed by atoms with van der Waals surface area (Å²) in [5, 5.41) is 2.96. The Bertz CT molecular complexity index is 542. The third-order valence-electron chi connectivity index (χ3n) is 3.45. The van der Waals surface area contributed by atoms with Crippen LogP contribution in [0.1, 0.15) is 32.6 Å². The molecule has 0 atom stereocenters. The molecule has 2 rings (SSSR count). The van der Waals surface area contributed by atoms with Gasteiger partial charge in [-0.2, -0.15) is 0 Å². The van der Waals surface area contributed by atoms with E-state index < -0.39 is 10.0 Å². The molecule has 7 heteroatoms. The number of ether oxygens (including phenoxy) is 1. The molecule has 0 unspecified atom stereocenters. The van der Waals surface area contributed by atoms with Gasteiger partial charge >= 0.3 is 0 Å². The number of sulfonamides is 1. The van der Waals surface area contributed by atoms with Gasteiger partial charge in [-0.05, 0) is 31.9 Å². The third-order valence-corrected chi connectivity index (χ3v) is 4.95. The average Bonchev–Trinajstić information content (AvgIpc) is 2.98. The first kappa shape index (κ1) is 16.2. The predicted molar refractivity (Wildman–Crippen MR) is 81.8 cm³/mol. The zero-order valence-electron chi connectivity index (χ0n) is 12.3. The molecule has 0 aliphatic heterocycles. The van der Waals surface area contributed by atoms with E-state index in [1.807, 2.05) is 6.92 Å². The van der Waals surface area contributed by atoms with E-state index in [4.69, 9.17) is 4.74 Å². The van der Waals surface area contributed by atoms with Crippen molar-refractivity contribution in [1.29, 1.82) is 0 Å². The normalized spacial score (nSPS) is 16.2. The van der Waals surface area contributed by atoms with E-state index in [0.717, 1.165) is 12.8 Å². The molecule has 1 aliphatic carbocycles. The van der Waals surface area contributed by atoms with Crippen molar-refractivity contribution in [2.45, 2.75) is 43.6 Å². The summed E-state index contributed by atoms with van der Waals surface area (Å²) < 4.78 is 32.8. The van der Waals surface area contributed by atoms with Crippen molar-refractivity contribution in [3.63, 3.8) is 0 Å². The van der Waals surface area contributed by atoms with Gasteiger partial charge in [0.05, 0.1) is 12.7 Å². The van der Waals surface area contributed by atoms with Crippen LogP contribution in [0.5, 0.6) is 0 Å². The van der Waals surface area contributed by atoms with Gasteiger partial charge in [-0.25, -0.2) is 18.1 Å². The van der Waals surface area contributed by atoms with Crippen LogP contribution >= 0.6 is 0 Å². The summed E-state index contributed by atoms with van der Waals surface area (Å²) in [4.78, 5) is 4.24. The lowest BCUT2D eigenvalue weighted by Crippen LogP contribution is -2.29. The Hall–Kier alpha value is -1.18. The van der Waals surface area contributed by atoms with Gasteiger partial charge in [0, 0.05) is 19.3 Å². The van der Waals surface area contributed by atoms with E-state index in [1.165, 1.54) is 12.8 Å². The first-order chi connectivity index (χ1) is 10.1. The monoisotopic (exact) mass is 313 g/mol. The highest BCUT2D eigenvalue weighted by atomic mass is 32.2. The lowest BCUT2D eigenvalue weighted by Gasteiger charge is -2.13. The fourth-order valence-electron chi connectivity index (χ4n) is 2.44. The van der Waals surface area contributed by atoms with E-state index in [0.29, 0.717) is 25.1 Å². The molecule has 0 saturated heterocycles. The molecule has 21 heavy (non-hydrogen) atoms. The largest absolute Gasteiger partial charge is 0.377 e. The van der Waals surface area contributed by atoms with Crippen molar-refractivity contribution >= 4 is 15.8 Å². The summed E-state index contributed by atoms with van der Waals surface area (Å²) in [6.07, 6.45) is 6.45. The number of hydrogen-bond donors (Lipinski definition) is 2. The third kappa shape index (κ3) is 4.66. The van der Waals surface area contributed by atoms with E-state index in [9.17, 15) is 8.42 Å². The van der Waals surface area contributed by atoms with Crippen LogP contribution in [0, 0.1) is 0 Å². The van der Waals surface area contributed by atoms with Gasteiger partial charge in [0.25, 0.3) is 0 Å². The summed E-state index contributed by atoms with van der Waals surface area (Å²) >= 11 is 0. The van der Waals surface area contributed by atoms with Crippen molar-refractivity contribution in [1.82, 2.24) is 9.71 Å². The van der Waals surface area contributed by atoms with Crippen LogP contribution in [0.3, 0.4) is 0 Å². The fraction of sp³-hybridized carbons (Fsp3) is 0.643. The number of rotatable bonds is 8. The molecular formula is C14H23N3O3S. The van der Waals surface area contributed by atoms with Crippen molar-refractivity contribution in [2.75, 3.05) is 25.0 Å². The molecule has 2 N–H and O–H groups in total. The minimum Gasteiger partial charge on any atom is -0.377 e. The Morgan fingerprint density at radius 3 is 2.86 bits per heavy atom. The number of hydrogen-bond acceptors (Lipinski definition) is 5. The quantitative estimate of drug-likeness (QED) is 0.715. The van der Waals surface area contributed by atoms with E-state index >= 15 is 0 Å². The number of anilines is 1. The average molecular weight is 313 g/mol. The minimum absolute atomic E-state index is 0.174. The number of nitrogens with one attached hydrogen (secondary N) is 2. The molecule has 1 fully saturated rings. The predicted octanol–water partition coefficient (Wildman–Crippen LogP) is 1.75. The molecular weight excluding hydrogens is 290 g/mol. The first-order valence-corrected chi connectivity index (χ1v) is 8.92. The summed E-state index contributed by atoms with van der Waals surface area (Å²) in [7, 11) is -3.56. The van der Waals surface area contributed by atoms with E-state index in [1.54, 1.807) is 18.3 Å². The van der Waals surface area contributed by atoms with Crippen molar-refractivity contribution in [3.8, 4) is 0 Å². The van der Waals surface area contributed by atoms with E-state index in [2.05, 4.69) is 15.0 Å². The topological polar surface area (TPSA) is 80.3 Å². The van der Waals surface area contributed by atoms with Crippen molar-refractivity contribution in [3.05, 3.63) is 18.3 Å². The second-order valence-electron chi connectivity index (χ2n) is 5.06. The molecule has 1 aliphatic rings. The highest BCUT2D eigenvalue weighted by Crippen LogP contribution is 2.21. The molecule has 1 aromatic rings. The second-order valence-corrected chi connectivity index (χ2v) is 6.79. The lowest BCUT2D eigenvalue weighted by molar-refractivity contribution is 0.0626. The Kier molecular flexibility index (Phi) is 5.96. The van der Waals surface area contributed by atoms with Crippen LogP contribution in [0.4, 0.5) is 5.82 Å². The molecule has 1 saturated carbocycles. The summed E-state index contributed by atoms with van der Waals surface area (Å²) in [5.74, 6) is 0.379. The summed E-state index contributed by atoms with van der Waals surface area (Å²) in [5.41, 5.74) is 0. The SMILES string of the molecule is CCNc1ncccc1S(=O)(=O)NCCOC1CCCC1. The lowest BCUT2D eigenvalue weighted by atomic mass is 10.3. The maximum Gasteiger partial charge on any atom is 0.244 e. The van der Waals surface area contributed by atoms with Gasteiger partial charge in [-0.3, -0.25) is 0 Å². The molecule has 6 nitrogen and oxygen atoms in total. The zero-order valence-corrected chi connectivity index (χ0v) is 13.2. The molecule has 0 aromatic carbocycles. The van der Waals surface area contributed by atoms with Gasteiger partial charge in [-0.1, -0.05) is 12.8 Å². The molecule has 0 radical (unpaired) electrons. The summed E-state index contributed by atoms with van der Waals surface area (Å²) in [6.45, 7) is 3.19. The van der Waals surface area contributed by atoms with E-state index in [-0.39, 0.29) is 11.4 Å². The molecule has 1 aromatic heterocycles. The van der Waals surface area contributed by atoms with Gasteiger partial charge < -0.3 is 10.1 Å².